The highest BCUT2D eigenvalue weighted by Crippen LogP contribution is 2.39. The van der Waals surface area contributed by atoms with Gasteiger partial charge in [0, 0.05) is 18.5 Å². The lowest BCUT2D eigenvalue weighted by Gasteiger charge is -2.41. The van der Waals surface area contributed by atoms with Gasteiger partial charge >= 0.3 is 12.1 Å². The lowest BCUT2D eigenvalue weighted by Crippen LogP contribution is -2.47. The van der Waals surface area contributed by atoms with Crippen LogP contribution in [0.15, 0.2) is 24.3 Å². The summed E-state index contributed by atoms with van der Waals surface area (Å²) in [5, 5.41) is 18.5. The maximum atomic E-state index is 12.2. The van der Waals surface area contributed by atoms with Crippen LogP contribution in [-0.2, 0) is 14.9 Å². The first-order chi connectivity index (χ1) is 11.6. The van der Waals surface area contributed by atoms with Crippen molar-refractivity contribution in [2.75, 3.05) is 13.1 Å². The molecule has 0 unspecified atom stereocenters. The number of likely N-dealkylation sites (tertiary alicyclic amines) is 1. The van der Waals surface area contributed by atoms with Crippen molar-refractivity contribution in [3.8, 4) is 6.07 Å². The first-order valence-electron chi connectivity index (χ1n) is 8.36. The Hall–Kier alpha value is -2.55. The fraction of sp³-hybridized carbons (Fsp3) is 0.526. The topological polar surface area (TPSA) is 90.6 Å². The Morgan fingerprint density at radius 2 is 1.96 bits per heavy atom. The lowest BCUT2D eigenvalue weighted by atomic mass is 9.70. The Bertz CT molecular complexity index is 692. The van der Waals surface area contributed by atoms with Gasteiger partial charge in [-0.15, -0.1) is 0 Å². The lowest BCUT2D eigenvalue weighted by molar-refractivity contribution is -0.139. The van der Waals surface area contributed by atoms with Crippen molar-refractivity contribution in [2.24, 2.45) is 0 Å². The van der Waals surface area contributed by atoms with Crippen molar-refractivity contribution in [3.05, 3.63) is 35.4 Å². The number of hydrogen-bond donors (Lipinski definition) is 1. The number of amides is 1. The van der Waals surface area contributed by atoms with Gasteiger partial charge in [0.05, 0.1) is 18.1 Å². The van der Waals surface area contributed by atoms with Crippen LogP contribution in [0.25, 0.3) is 0 Å². The van der Waals surface area contributed by atoms with Gasteiger partial charge in [-0.05, 0) is 51.3 Å². The molecule has 134 valence electrons. The number of rotatable bonds is 3. The molecule has 1 amide bonds. The maximum absolute atomic E-state index is 12.2. The third-order valence-electron chi connectivity index (χ3n) is 4.47. The number of hydrogen-bond acceptors (Lipinski definition) is 4. The maximum Gasteiger partial charge on any atom is 0.410 e. The summed E-state index contributed by atoms with van der Waals surface area (Å²) in [4.78, 5) is 25.3. The molecule has 0 aliphatic carbocycles. The zero-order valence-corrected chi connectivity index (χ0v) is 14.9. The summed E-state index contributed by atoms with van der Waals surface area (Å²) in [7, 11) is 0. The molecule has 0 atom stereocenters. The van der Waals surface area contributed by atoms with Crippen LogP contribution in [0.4, 0.5) is 4.79 Å². The molecule has 0 radical (unpaired) electrons. The van der Waals surface area contributed by atoms with Gasteiger partial charge in [-0.1, -0.05) is 12.1 Å². The monoisotopic (exact) mass is 344 g/mol. The SMILES string of the molecule is CC(C)(C)OC(=O)N1CCC(CC(=O)O)(c2cccc(C#N)c2)CC1. The van der Waals surface area contributed by atoms with Gasteiger partial charge in [0.1, 0.15) is 5.60 Å². The molecule has 1 aliphatic rings. The largest absolute Gasteiger partial charge is 0.481 e. The first kappa shape index (κ1) is 18.8. The summed E-state index contributed by atoms with van der Waals surface area (Å²) in [5.41, 5.74) is 0.222. The minimum absolute atomic E-state index is 0.0238. The second kappa shape index (κ2) is 7.14. The van der Waals surface area contributed by atoms with Gasteiger partial charge in [0.2, 0.25) is 0 Å². The van der Waals surface area contributed by atoms with E-state index in [2.05, 4.69) is 6.07 Å². The Labute approximate surface area is 148 Å². The Kier molecular flexibility index (Phi) is 5.36. The molecular weight excluding hydrogens is 320 g/mol. The van der Waals surface area contributed by atoms with E-state index in [0.29, 0.717) is 31.5 Å². The highest BCUT2D eigenvalue weighted by Gasteiger charge is 2.40. The van der Waals surface area contributed by atoms with Gasteiger partial charge in [0.15, 0.2) is 0 Å². The molecule has 25 heavy (non-hydrogen) atoms. The number of nitrogens with zero attached hydrogens (tertiary/aromatic N) is 2. The minimum Gasteiger partial charge on any atom is -0.481 e. The van der Waals surface area contributed by atoms with Gasteiger partial charge < -0.3 is 14.7 Å². The van der Waals surface area contributed by atoms with Gasteiger partial charge in [0.25, 0.3) is 0 Å². The molecule has 1 N–H and O–H groups in total. The molecular formula is C19H24N2O4. The number of benzene rings is 1. The fourth-order valence-electron chi connectivity index (χ4n) is 3.22. The third kappa shape index (κ3) is 4.72. The zero-order valence-electron chi connectivity index (χ0n) is 14.9. The summed E-state index contributed by atoms with van der Waals surface area (Å²) < 4.78 is 5.40. The van der Waals surface area contributed by atoms with Crippen LogP contribution < -0.4 is 0 Å². The van der Waals surface area contributed by atoms with Crippen LogP contribution in [0, 0.1) is 11.3 Å². The van der Waals surface area contributed by atoms with Crippen LogP contribution in [0.1, 0.15) is 51.2 Å². The molecule has 0 bridgehead atoms. The normalized spacial score (nSPS) is 16.8. The predicted molar refractivity (Wildman–Crippen MR) is 92.1 cm³/mol. The van der Waals surface area contributed by atoms with Crippen LogP contribution in [0.3, 0.4) is 0 Å². The number of ether oxygens (including phenoxy) is 1. The molecule has 1 heterocycles. The first-order valence-corrected chi connectivity index (χ1v) is 8.36. The number of carbonyl (C=O) groups is 2. The molecule has 0 saturated carbocycles. The van der Waals surface area contributed by atoms with Crippen molar-refractivity contribution in [1.29, 1.82) is 5.26 Å². The second-order valence-electron chi connectivity index (χ2n) is 7.51. The summed E-state index contributed by atoms with van der Waals surface area (Å²) in [6.07, 6.45) is 0.646. The van der Waals surface area contributed by atoms with Crippen molar-refractivity contribution in [1.82, 2.24) is 4.90 Å². The number of carbonyl (C=O) groups excluding carboxylic acids is 1. The van der Waals surface area contributed by atoms with Gasteiger partial charge in [-0.2, -0.15) is 5.26 Å². The summed E-state index contributed by atoms with van der Waals surface area (Å²) >= 11 is 0. The molecule has 1 aromatic carbocycles. The molecule has 0 spiro atoms. The van der Waals surface area contributed by atoms with E-state index in [0.717, 1.165) is 5.56 Å². The van der Waals surface area contributed by atoms with E-state index in [1.165, 1.54) is 0 Å². The van der Waals surface area contributed by atoms with E-state index in [1.54, 1.807) is 23.1 Å². The number of carboxylic acid groups (broad SMARTS) is 1. The van der Waals surface area contributed by atoms with E-state index in [-0.39, 0.29) is 12.5 Å². The molecule has 1 fully saturated rings. The van der Waals surface area contributed by atoms with Gasteiger partial charge in [-0.3, -0.25) is 4.79 Å². The molecule has 6 nitrogen and oxygen atoms in total. The average Bonchev–Trinajstić information content (AvgIpc) is 2.53. The van der Waals surface area contributed by atoms with Crippen molar-refractivity contribution < 1.29 is 19.4 Å². The van der Waals surface area contributed by atoms with Crippen molar-refractivity contribution in [2.45, 2.75) is 51.0 Å². The number of piperidine rings is 1. The average molecular weight is 344 g/mol. The van der Waals surface area contributed by atoms with E-state index >= 15 is 0 Å². The fourth-order valence-corrected chi connectivity index (χ4v) is 3.22. The molecule has 0 aromatic heterocycles. The highest BCUT2D eigenvalue weighted by atomic mass is 16.6. The number of aliphatic carboxylic acids is 1. The molecule has 2 rings (SSSR count). The third-order valence-corrected chi connectivity index (χ3v) is 4.47. The van der Waals surface area contributed by atoms with Crippen molar-refractivity contribution >= 4 is 12.1 Å². The van der Waals surface area contributed by atoms with E-state index < -0.39 is 17.0 Å². The van der Waals surface area contributed by atoms with Gasteiger partial charge in [-0.25, -0.2) is 4.79 Å². The Balaban J connectivity index is 2.20. The minimum atomic E-state index is -0.881. The molecule has 1 aliphatic heterocycles. The quantitative estimate of drug-likeness (QED) is 0.908. The van der Waals surface area contributed by atoms with Crippen LogP contribution in [-0.4, -0.2) is 40.8 Å². The van der Waals surface area contributed by atoms with Crippen LogP contribution in [0.2, 0.25) is 0 Å². The van der Waals surface area contributed by atoms with E-state index in [1.807, 2.05) is 26.8 Å². The van der Waals surface area contributed by atoms with E-state index in [9.17, 15) is 14.7 Å². The van der Waals surface area contributed by atoms with Crippen LogP contribution >= 0.6 is 0 Å². The van der Waals surface area contributed by atoms with Crippen molar-refractivity contribution in [3.63, 3.8) is 0 Å². The summed E-state index contributed by atoms with van der Waals surface area (Å²) in [6, 6.07) is 9.20. The molecule has 1 saturated heterocycles. The van der Waals surface area contributed by atoms with Crippen LogP contribution in [0.5, 0.6) is 0 Å². The standard InChI is InChI=1S/C19H24N2O4/c1-18(2,3)25-17(24)21-9-7-19(8-10-21,12-16(22)23)15-6-4-5-14(11-15)13-20/h4-6,11H,7-10,12H2,1-3H3,(H,22,23). The molecule has 1 aromatic rings. The highest BCUT2D eigenvalue weighted by molar-refractivity contribution is 5.70. The zero-order chi connectivity index (χ0) is 18.7. The Morgan fingerprint density at radius 1 is 1.32 bits per heavy atom. The summed E-state index contributed by atoms with van der Waals surface area (Å²) in [6.45, 7) is 6.31. The molecule has 6 heteroatoms. The number of nitriles is 1. The Morgan fingerprint density at radius 3 is 2.48 bits per heavy atom. The summed E-state index contributed by atoms with van der Waals surface area (Å²) in [5.74, 6) is -0.881. The predicted octanol–water partition coefficient (Wildman–Crippen LogP) is 3.30. The second-order valence-corrected chi connectivity index (χ2v) is 7.51. The van der Waals surface area contributed by atoms with E-state index in [4.69, 9.17) is 10.00 Å². The number of carboxylic acids is 1. The smallest absolute Gasteiger partial charge is 0.410 e.